The smallest absolute Gasteiger partial charge is 0.141 e. The van der Waals surface area contributed by atoms with Crippen LogP contribution in [-0.4, -0.2) is 19.9 Å². The molecule has 0 N–H and O–H groups in total. The van der Waals surface area contributed by atoms with Crippen LogP contribution in [0.1, 0.15) is 18.4 Å². The Morgan fingerprint density at radius 1 is 1.29 bits per heavy atom. The minimum atomic E-state index is -0.177. The maximum Gasteiger partial charge on any atom is 0.141 e. The van der Waals surface area contributed by atoms with Gasteiger partial charge in [0.15, 0.2) is 0 Å². The molecule has 0 spiro atoms. The minimum absolute atomic E-state index is 0.140. The Morgan fingerprint density at radius 2 is 1.88 bits per heavy atom. The van der Waals surface area contributed by atoms with Crippen molar-refractivity contribution in [3.63, 3.8) is 0 Å². The predicted octanol–water partition coefficient (Wildman–Crippen LogP) is 3.17. The number of allylic oxidation sites excluding steroid dienone is 3. The molecule has 0 aromatic heterocycles. The second-order valence-electron chi connectivity index (χ2n) is 4.19. The number of Topliss-reactive ketones (excluding diaryl/α,β-unsaturated/α-hetero) is 1. The summed E-state index contributed by atoms with van der Waals surface area (Å²) in [4.78, 5) is 13.6. The van der Waals surface area contributed by atoms with Crippen LogP contribution in [0, 0.1) is 0 Å². The largest absolute Gasteiger partial charge is 0.378 e. The fourth-order valence-corrected chi connectivity index (χ4v) is 1.65. The van der Waals surface area contributed by atoms with E-state index in [0.29, 0.717) is 0 Å². The van der Waals surface area contributed by atoms with Gasteiger partial charge in [-0.15, -0.1) is 0 Å². The van der Waals surface area contributed by atoms with Gasteiger partial charge in [-0.2, -0.15) is 0 Å². The zero-order valence-electron chi connectivity index (χ0n) is 10.7. The van der Waals surface area contributed by atoms with Crippen LogP contribution < -0.4 is 4.90 Å². The second kappa shape index (κ2) is 6.04. The van der Waals surface area contributed by atoms with Crippen LogP contribution in [-0.2, 0) is 4.79 Å². The molecule has 1 atom stereocenters. The standard InChI is InChI=1S/C15H19NO/c1-5-6-7-15(12(2)17)13-8-10-14(11-9-13)16(3)4/h5-11,15H,1H2,2-4H3. The predicted molar refractivity (Wildman–Crippen MR) is 73.5 cm³/mol. The lowest BCUT2D eigenvalue weighted by atomic mass is 9.94. The SMILES string of the molecule is C=CC=CC(C(C)=O)c1ccc(N(C)C)cc1. The van der Waals surface area contributed by atoms with Gasteiger partial charge in [0.2, 0.25) is 0 Å². The van der Waals surface area contributed by atoms with Crippen LogP contribution in [0.2, 0.25) is 0 Å². The van der Waals surface area contributed by atoms with Crippen molar-refractivity contribution in [3.05, 3.63) is 54.6 Å². The third-order valence-electron chi connectivity index (χ3n) is 2.65. The van der Waals surface area contributed by atoms with E-state index in [2.05, 4.69) is 6.58 Å². The number of hydrogen-bond donors (Lipinski definition) is 0. The fourth-order valence-electron chi connectivity index (χ4n) is 1.65. The first-order valence-corrected chi connectivity index (χ1v) is 5.63. The van der Waals surface area contributed by atoms with E-state index in [1.54, 1.807) is 13.0 Å². The van der Waals surface area contributed by atoms with Crippen molar-refractivity contribution in [1.29, 1.82) is 0 Å². The van der Waals surface area contributed by atoms with E-state index in [1.165, 1.54) is 0 Å². The molecule has 1 unspecified atom stereocenters. The molecule has 0 heterocycles. The Hall–Kier alpha value is -1.83. The monoisotopic (exact) mass is 229 g/mol. The van der Waals surface area contributed by atoms with E-state index in [9.17, 15) is 4.79 Å². The van der Waals surface area contributed by atoms with Gasteiger partial charge in [0.05, 0.1) is 5.92 Å². The molecule has 0 radical (unpaired) electrons. The molecule has 2 nitrogen and oxygen atoms in total. The van der Waals surface area contributed by atoms with Crippen LogP contribution in [0.15, 0.2) is 49.1 Å². The number of carbonyl (C=O) groups excluding carboxylic acids is 1. The van der Waals surface area contributed by atoms with Gasteiger partial charge in [0.1, 0.15) is 5.78 Å². The molecule has 2 heteroatoms. The van der Waals surface area contributed by atoms with Gasteiger partial charge in [-0.25, -0.2) is 0 Å². The Morgan fingerprint density at radius 3 is 2.29 bits per heavy atom. The summed E-state index contributed by atoms with van der Waals surface area (Å²) in [5, 5.41) is 0. The van der Waals surface area contributed by atoms with Crippen LogP contribution >= 0.6 is 0 Å². The number of benzene rings is 1. The topological polar surface area (TPSA) is 20.3 Å². The first-order valence-electron chi connectivity index (χ1n) is 5.63. The average molecular weight is 229 g/mol. The lowest BCUT2D eigenvalue weighted by molar-refractivity contribution is -0.117. The molecule has 17 heavy (non-hydrogen) atoms. The van der Waals surface area contributed by atoms with Crippen molar-refractivity contribution < 1.29 is 4.79 Å². The van der Waals surface area contributed by atoms with Gasteiger partial charge in [0.25, 0.3) is 0 Å². The summed E-state index contributed by atoms with van der Waals surface area (Å²) in [6.45, 7) is 5.23. The Bertz CT molecular complexity index is 415. The molecule has 1 aromatic carbocycles. The highest BCUT2D eigenvalue weighted by Crippen LogP contribution is 2.21. The fraction of sp³-hybridized carbons (Fsp3) is 0.267. The van der Waals surface area contributed by atoms with E-state index < -0.39 is 0 Å². The maximum atomic E-state index is 11.6. The molecule has 0 saturated carbocycles. The number of carbonyl (C=O) groups is 1. The molecule has 0 fully saturated rings. The van der Waals surface area contributed by atoms with Crippen molar-refractivity contribution >= 4 is 11.5 Å². The van der Waals surface area contributed by atoms with Crippen molar-refractivity contribution in [1.82, 2.24) is 0 Å². The van der Waals surface area contributed by atoms with Crippen LogP contribution in [0.3, 0.4) is 0 Å². The highest BCUT2D eigenvalue weighted by molar-refractivity contribution is 5.85. The normalized spacial score (nSPS) is 12.4. The zero-order chi connectivity index (χ0) is 12.8. The van der Waals surface area contributed by atoms with E-state index in [-0.39, 0.29) is 11.7 Å². The van der Waals surface area contributed by atoms with Gasteiger partial charge in [0, 0.05) is 19.8 Å². The third-order valence-corrected chi connectivity index (χ3v) is 2.65. The Balaban J connectivity index is 2.99. The van der Waals surface area contributed by atoms with Crippen molar-refractivity contribution in [2.75, 3.05) is 19.0 Å². The molecule has 0 aliphatic rings. The van der Waals surface area contributed by atoms with Gasteiger partial charge in [-0.3, -0.25) is 4.79 Å². The van der Waals surface area contributed by atoms with Crippen LogP contribution in [0.4, 0.5) is 5.69 Å². The van der Waals surface area contributed by atoms with E-state index >= 15 is 0 Å². The molecular weight excluding hydrogens is 210 g/mol. The number of ketones is 1. The minimum Gasteiger partial charge on any atom is -0.378 e. The first-order chi connectivity index (χ1) is 8.06. The van der Waals surface area contributed by atoms with Crippen LogP contribution in [0.25, 0.3) is 0 Å². The molecule has 0 aliphatic carbocycles. The first kappa shape index (κ1) is 13.2. The summed E-state index contributed by atoms with van der Waals surface area (Å²) >= 11 is 0. The van der Waals surface area contributed by atoms with Gasteiger partial charge in [-0.1, -0.05) is 36.9 Å². The summed E-state index contributed by atoms with van der Waals surface area (Å²) < 4.78 is 0. The Kier molecular flexibility index (Phi) is 4.70. The van der Waals surface area contributed by atoms with Gasteiger partial charge >= 0.3 is 0 Å². The maximum absolute atomic E-state index is 11.6. The summed E-state index contributed by atoms with van der Waals surface area (Å²) in [5.74, 6) is -0.0371. The summed E-state index contributed by atoms with van der Waals surface area (Å²) in [7, 11) is 3.99. The zero-order valence-corrected chi connectivity index (χ0v) is 10.7. The number of nitrogens with zero attached hydrogens (tertiary/aromatic N) is 1. The molecular formula is C15H19NO. The molecule has 90 valence electrons. The molecule has 1 aromatic rings. The summed E-state index contributed by atoms with van der Waals surface area (Å²) in [6.07, 6.45) is 5.37. The number of rotatable bonds is 5. The number of anilines is 1. The molecule has 0 saturated heterocycles. The average Bonchev–Trinajstić information content (AvgIpc) is 2.29. The number of hydrogen-bond acceptors (Lipinski definition) is 2. The summed E-state index contributed by atoms with van der Waals surface area (Å²) in [6, 6.07) is 8.03. The molecule has 0 aliphatic heterocycles. The molecule has 1 rings (SSSR count). The second-order valence-corrected chi connectivity index (χ2v) is 4.19. The van der Waals surface area contributed by atoms with Crippen LogP contribution in [0.5, 0.6) is 0 Å². The van der Waals surface area contributed by atoms with Crippen molar-refractivity contribution in [3.8, 4) is 0 Å². The lowest BCUT2D eigenvalue weighted by Crippen LogP contribution is -2.09. The highest BCUT2D eigenvalue weighted by atomic mass is 16.1. The van der Waals surface area contributed by atoms with E-state index in [4.69, 9.17) is 0 Å². The molecule has 0 bridgehead atoms. The Labute approximate surface area is 103 Å². The van der Waals surface area contributed by atoms with Gasteiger partial charge < -0.3 is 4.90 Å². The quantitative estimate of drug-likeness (QED) is 0.723. The highest BCUT2D eigenvalue weighted by Gasteiger charge is 2.12. The lowest BCUT2D eigenvalue weighted by Gasteiger charge is -2.14. The van der Waals surface area contributed by atoms with Crippen molar-refractivity contribution in [2.24, 2.45) is 0 Å². The van der Waals surface area contributed by atoms with E-state index in [0.717, 1.165) is 11.3 Å². The molecule has 0 amide bonds. The van der Waals surface area contributed by atoms with Crippen molar-refractivity contribution in [2.45, 2.75) is 12.8 Å². The van der Waals surface area contributed by atoms with Gasteiger partial charge in [-0.05, 0) is 24.6 Å². The van der Waals surface area contributed by atoms with E-state index in [1.807, 2.05) is 55.4 Å². The third kappa shape index (κ3) is 3.59. The summed E-state index contributed by atoms with van der Waals surface area (Å²) in [5.41, 5.74) is 2.14.